The van der Waals surface area contributed by atoms with E-state index in [1.807, 2.05) is 19.1 Å². The van der Waals surface area contributed by atoms with Gasteiger partial charge in [-0.15, -0.1) is 0 Å². The summed E-state index contributed by atoms with van der Waals surface area (Å²) >= 11 is 11.2. The van der Waals surface area contributed by atoms with E-state index in [9.17, 15) is 4.79 Å². The summed E-state index contributed by atoms with van der Waals surface area (Å²) in [5.74, 6) is -0.360. The van der Waals surface area contributed by atoms with E-state index in [0.29, 0.717) is 15.7 Å². The minimum absolute atomic E-state index is 0.329. The second-order valence-corrected chi connectivity index (χ2v) is 5.56. The van der Waals surface area contributed by atoms with Gasteiger partial charge in [0.2, 0.25) is 0 Å². The monoisotopic (exact) mass is 324 g/mol. The van der Waals surface area contributed by atoms with Crippen molar-refractivity contribution in [2.45, 2.75) is 25.8 Å². The van der Waals surface area contributed by atoms with Gasteiger partial charge in [-0.1, -0.05) is 37.1 Å². The zero-order valence-electron chi connectivity index (χ0n) is 11.9. The fourth-order valence-electron chi connectivity index (χ4n) is 2.32. The predicted octanol–water partition coefficient (Wildman–Crippen LogP) is 3.09. The number of nitrogens with one attached hydrogen (secondary N) is 2. The van der Waals surface area contributed by atoms with Crippen LogP contribution in [0.25, 0.3) is 0 Å². The molecule has 0 fully saturated rings. The predicted molar refractivity (Wildman–Crippen MR) is 87.0 cm³/mol. The summed E-state index contributed by atoms with van der Waals surface area (Å²) in [6, 6.07) is 7.00. The van der Waals surface area contributed by atoms with Crippen molar-refractivity contribution < 1.29 is 9.53 Å². The molecule has 1 aromatic rings. The third-order valence-electron chi connectivity index (χ3n) is 3.26. The number of allylic oxidation sites excluding steroid dienone is 1. The van der Waals surface area contributed by atoms with Crippen molar-refractivity contribution in [1.82, 2.24) is 10.6 Å². The number of ether oxygens (including phenoxy) is 1. The van der Waals surface area contributed by atoms with Crippen LogP contribution in [0.15, 0.2) is 35.5 Å². The van der Waals surface area contributed by atoms with Crippen LogP contribution in [0.3, 0.4) is 0 Å². The number of hydrogen-bond donors (Lipinski definition) is 2. The molecule has 0 spiro atoms. The Labute approximate surface area is 134 Å². The first-order valence-electron chi connectivity index (χ1n) is 6.71. The lowest BCUT2D eigenvalue weighted by Gasteiger charge is -2.30. The highest BCUT2D eigenvalue weighted by Gasteiger charge is 2.31. The van der Waals surface area contributed by atoms with Gasteiger partial charge in [0, 0.05) is 10.7 Å². The molecule has 6 heteroatoms. The Bertz CT molecular complexity index is 584. The number of carbonyl (C=O) groups excluding carboxylic acids is 1. The molecule has 1 heterocycles. The summed E-state index contributed by atoms with van der Waals surface area (Å²) in [6.07, 6.45) is 1.63. The molecular weight excluding hydrogens is 308 g/mol. The van der Waals surface area contributed by atoms with Gasteiger partial charge in [-0.3, -0.25) is 0 Å². The third kappa shape index (κ3) is 3.54. The average Bonchev–Trinajstić information content (AvgIpc) is 2.47. The molecule has 1 aliphatic rings. The summed E-state index contributed by atoms with van der Waals surface area (Å²) in [5, 5.41) is 7.34. The maximum Gasteiger partial charge on any atom is 0.337 e. The van der Waals surface area contributed by atoms with E-state index in [2.05, 4.69) is 10.6 Å². The summed E-state index contributed by atoms with van der Waals surface area (Å²) in [4.78, 5) is 12.2. The van der Waals surface area contributed by atoms with Crippen LogP contribution in [-0.2, 0) is 9.53 Å². The first-order valence-corrected chi connectivity index (χ1v) is 7.49. The Kier molecular flexibility index (Phi) is 5.20. The fraction of sp³-hybridized carbons (Fsp3) is 0.333. The van der Waals surface area contributed by atoms with Crippen molar-refractivity contribution in [2.75, 3.05) is 7.11 Å². The summed E-state index contributed by atoms with van der Waals surface area (Å²) in [7, 11) is 1.38. The number of esters is 1. The lowest BCUT2D eigenvalue weighted by molar-refractivity contribution is -0.136. The van der Waals surface area contributed by atoms with E-state index in [1.54, 1.807) is 12.1 Å². The molecule has 4 nitrogen and oxygen atoms in total. The van der Waals surface area contributed by atoms with Crippen molar-refractivity contribution in [3.05, 3.63) is 46.1 Å². The van der Waals surface area contributed by atoms with Crippen LogP contribution in [0.5, 0.6) is 0 Å². The van der Waals surface area contributed by atoms with Gasteiger partial charge < -0.3 is 15.4 Å². The van der Waals surface area contributed by atoms with Gasteiger partial charge in [0.15, 0.2) is 5.11 Å². The summed E-state index contributed by atoms with van der Waals surface area (Å²) < 4.78 is 4.93. The highest BCUT2D eigenvalue weighted by molar-refractivity contribution is 7.80. The maximum absolute atomic E-state index is 12.2. The van der Waals surface area contributed by atoms with Crippen LogP contribution < -0.4 is 10.6 Å². The Balaban J connectivity index is 2.49. The molecule has 2 N–H and O–H groups in total. The number of benzene rings is 1. The summed E-state index contributed by atoms with van der Waals surface area (Å²) in [5.41, 5.74) is 2.29. The van der Waals surface area contributed by atoms with Crippen LogP contribution in [0, 0.1) is 0 Å². The molecule has 0 unspecified atom stereocenters. The Morgan fingerprint density at radius 2 is 2.05 bits per heavy atom. The van der Waals surface area contributed by atoms with Crippen LogP contribution in [0.2, 0.25) is 5.02 Å². The van der Waals surface area contributed by atoms with E-state index in [1.165, 1.54) is 7.11 Å². The SMILES string of the molecule is CCCC1=C(C(=O)OC)[C@@H](c2ccc(Cl)cc2)NC(=S)N1. The number of carbonyl (C=O) groups is 1. The van der Waals surface area contributed by atoms with Gasteiger partial charge in [0.05, 0.1) is 18.7 Å². The van der Waals surface area contributed by atoms with E-state index in [0.717, 1.165) is 24.1 Å². The molecule has 0 amide bonds. The Morgan fingerprint density at radius 1 is 1.38 bits per heavy atom. The molecule has 1 aliphatic heterocycles. The molecule has 21 heavy (non-hydrogen) atoms. The molecular formula is C15H17ClN2O2S. The molecule has 0 aliphatic carbocycles. The van der Waals surface area contributed by atoms with E-state index < -0.39 is 0 Å². The third-order valence-corrected chi connectivity index (χ3v) is 3.73. The molecule has 0 aromatic heterocycles. The number of hydrogen-bond acceptors (Lipinski definition) is 3. The number of thiocarbonyl (C=S) groups is 1. The second kappa shape index (κ2) is 6.91. The van der Waals surface area contributed by atoms with Crippen molar-refractivity contribution in [2.24, 2.45) is 0 Å². The second-order valence-electron chi connectivity index (χ2n) is 4.72. The Hall–Kier alpha value is -1.59. The zero-order valence-corrected chi connectivity index (χ0v) is 13.5. The molecule has 0 saturated heterocycles. The van der Waals surface area contributed by atoms with Gasteiger partial charge in [-0.2, -0.15) is 0 Å². The number of halogens is 1. The largest absolute Gasteiger partial charge is 0.466 e. The average molecular weight is 325 g/mol. The lowest BCUT2D eigenvalue weighted by Crippen LogP contribution is -2.45. The molecule has 1 atom stereocenters. The maximum atomic E-state index is 12.2. The van der Waals surface area contributed by atoms with Crippen LogP contribution in [-0.4, -0.2) is 18.2 Å². The minimum Gasteiger partial charge on any atom is -0.466 e. The molecule has 0 bridgehead atoms. The Morgan fingerprint density at radius 3 is 2.62 bits per heavy atom. The normalized spacial score (nSPS) is 18.0. The fourth-order valence-corrected chi connectivity index (χ4v) is 2.69. The lowest BCUT2D eigenvalue weighted by atomic mass is 9.94. The van der Waals surface area contributed by atoms with Gasteiger partial charge in [0.1, 0.15) is 0 Å². The standard InChI is InChI=1S/C15H17ClN2O2S/c1-3-4-11-12(14(19)20-2)13(18-15(21)17-11)9-5-7-10(16)8-6-9/h5-8,13H,3-4H2,1-2H3,(H2,17,18,21)/t13-/m1/s1. The molecule has 112 valence electrons. The first kappa shape index (κ1) is 15.8. The van der Waals surface area contributed by atoms with Crippen molar-refractivity contribution in [3.8, 4) is 0 Å². The van der Waals surface area contributed by atoms with Crippen molar-refractivity contribution >= 4 is 34.9 Å². The smallest absolute Gasteiger partial charge is 0.337 e. The molecule has 1 aromatic carbocycles. The highest BCUT2D eigenvalue weighted by Crippen LogP contribution is 2.29. The van der Waals surface area contributed by atoms with E-state index in [4.69, 9.17) is 28.6 Å². The molecule has 0 saturated carbocycles. The van der Waals surface area contributed by atoms with E-state index in [-0.39, 0.29) is 12.0 Å². The molecule has 2 rings (SSSR count). The van der Waals surface area contributed by atoms with Crippen LogP contribution in [0.1, 0.15) is 31.4 Å². The van der Waals surface area contributed by atoms with Gasteiger partial charge >= 0.3 is 5.97 Å². The van der Waals surface area contributed by atoms with Crippen molar-refractivity contribution in [1.29, 1.82) is 0 Å². The topological polar surface area (TPSA) is 50.4 Å². The van der Waals surface area contributed by atoms with Crippen molar-refractivity contribution in [3.63, 3.8) is 0 Å². The highest BCUT2D eigenvalue weighted by atomic mass is 35.5. The van der Waals surface area contributed by atoms with Crippen LogP contribution >= 0.6 is 23.8 Å². The van der Waals surface area contributed by atoms with Gasteiger partial charge in [0.25, 0.3) is 0 Å². The van der Waals surface area contributed by atoms with E-state index >= 15 is 0 Å². The summed E-state index contributed by atoms with van der Waals surface area (Å²) in [6.45, 7) is 2.05. The number of methoxy groups -OCH3 is 1. The quantitative estimate of drug-likeness (QED) is 0.658. The number of rotatable bonds is 4. The van der Waals surface area contributed by atoms with Crippen LogP contribution in [0.4, 0.5) is 0 Å². The van der Waals surface area contributed by atoms with Gasteiger partial charge in [-0.05, 0) is 36.3 Å². The van der Waals surface area contributed by atoms with Gasteiger partial charge in [-0.25, -0.2) is 4.79 Å². The first-order chi connectivity index (χ1) is 10.1. The zero-order chi connectivity index (χ0) is 15.4. The molecule has 0 radical (unpaired) electrons. The minimum atomic E-state index is -0.360.